The van der Waals surface area contributed by atoms with Gasteiger partial charge in [0.15, 0.2) is 29.8 Å². The quantitative estimate of drug-likeness (QED) is 0.0869. The van der Waals surface area contributed by atoms with Gasteiger partial charge in [-0.05, 0) is 26.0 Å². The highest BCUT2D eigenvalue weighted by atomic mass is 32.2. The number of carboxylic acids is 2. The van der Waals surface area contributed by atoms with Crippen molar-refractivity contribution >= 4 is 63.2 Å². The standard InChI is InChI=1S/C25H25N7O8S2/c1-25(2,23(38)39)40-29-16(15-11-42-24(26)27-15)19(34)28-17-20(35)32-18(22(36)37)12(10-41-21(17)32)7-30-5-6-31-13(8-30)3-4-14(31)9-33/h3-6,8,11,17,21,33H,7,9-10H2,1-2H3,(H4-,26,27,28,34,36,37,38,39)/p+1/b29-16-/t17-,21+/m1/s1. The molecule has 6 N–H and O–H groups in total. The van der Waals surface area contributed by atoms with Crippen LogP contribution >= 0.6 is 23.1 Å². The average molecular weight is 617 g/mol. The van der Waals surface area contributed by atoms with Crippen molar-refractivity contribution in [2.24, 2.45) is 5.16 Å². The van der Waals surface area contributed by atoms with E-state index in [2.05, 4.69) is 15.5 Å². The molecule has 0 spiro atoms. The predicted molar refractivity (Wildman–Crippen MR) is 149 cm³/mol. The predicted octanol–water partition coefficient (Wildman–Crippen LogP) is -0.219. The van der Waals surface area contributed by atoms with Gasteiger partial charge in [0.1, 0.15) is 28.3 Å². The van der Waals surface area contributed by atoms with Gasteiger partial charge in [0.05, 0.1) is 12.8 Å². The molecule has 5 heterocycles. The van der Waals surface area contributed by atoms with Gasteiger partial charge in [-0.2, -0.15) is 4.57 Å². The van der Waals surface area contributed by atoms with Crippen LogP contribution in [0.25, 0.3) is 5.52 Å². The van der Waals surface area contributed by atoms with Crippen molar-refractivity contribution in [2.75, 3.05) is 11.5 Å². The number of aliphatic carboxylic acids is 2. The van der Waals surface area contributed by atoms with Gasteiger partial charge in [0.2, 0.25) is 5.60 Å². The number of aliphatic hydroxyl groups excluding tert-OH is 1. The molecule has 3 aromatic rings. The highest BCUT2D eigenvalue weighted by Crippen LogP contribution is 2.40. The van der Waals surface area contributed by atoms with Crippen molar-refractivity contribution in [3.05, 3.63) is 58.8 Å². The summed E-state index contributed by atoms with van der Waals surface area (Å²) >= 11 is 2.32. The second-order valence-corrected chi connectivity index (χ2v) is 11.9. The van der Waals surface area contributed by atoms with Crippen LogP contribution in [0.2, 0.25) is 0 Å². The third-order valence-corrected chi connectivity index (χ3v) is 8.68. The molecule has 0 saturated carbocycles. The van der Waals surface area contributed by atoms with Crippen LogP contribution in [0.3, 0.4) is 0 Å². The number of fused-ring (bicyclic) bond motifs is 2. The smallest absolute Gasteiger partial charge is 0.352 e. The first-order valence-corrected chi connectivity index (χ1v) is 14.4. The van der Waals surface area contributed by atoms with Crippen molar-refractivity contribution in [3.63, 3.8) is 0 Å². The Kier molecular flexibility index (Phi) is 7.65. The molecule has 0 bridgehead atoms. The number of nitrogen functional groups attached to an aromatic ring is 1. The molecular weight excluding hydrogens is 590 g/mol. The number of anilines is 1. The molecule has 0 radical (unpaired) electrons. The zero-order chi connectivity index (χ0) is 30.3. The molecule has 0 aliphatic carbocycles. The molecular formula is C25H26N7O8S2+. The second-order valence-electron chi connectivity index (χ2n) is 9.91. The number of amides is 2. The van der Waals surface area contributed by atoms with Crippen LogP contribution in [-0.2, 0) is 37.2 Å². The number of aliphatic hydroxyl groups is 1. The summed E-state index contributed by atoms with van der Waals surface area (Å²) in [6, 6.07) is 2.54. The Bertz CT molecular complexity index is 1680. The van der Waals surface area contributed by atoms with Gasteiger partial charge in [-0.15, -0.1) is 23.1 Å². The number of thiazole rings is 1. The molecule has 2 amide bonds. The van der Waals surface area contributed by atoms with E-state index >= 15 is 0 Å². The average Bonchev–Trinajstić information content (AvgIpc) is 3.56. The number of nitrogens with two attached hydrogens (primary N) is 1. The first-order valence-electron chi connectivity index (χ1n) is 12.4. The maximum absolute atomic E-state index is 13.2. The number of rotatable bonds is 10. The number of carbonyl (C=O) groups excluding carboxylic acids is 2. The van der Waals surface area contributed by atoms with Crippen LogP contribution in [0.5, 0.6) is 0 Å². The van der Waals surface area contributed by atoms with Crippen LogP contribution in [0, 0.1) is 0 Å². The minimum atomic E-state index is -1.77. The van der Waals surface area contributed by atoms with Gasteiger partial charge in [0, 0.05) is 22.4 Å². The molecule has 42 heavy (non-hydrogen) atoms. The third-order valence-electron chi connectivity index (χ3n) is 6.67. The highest BCUT2D eigenvalue weighted by molar-refractivity contribution is 8.00. The maximum atomic E-state index is 13.2. The van der Waals surface area contributed by atoms with E-state index in [-0.39, 0.29) is 41.1 Å². The van der Waals surface area contributed by atoms with Gasteiger partial charge in [-0.25, -0.2) is 14.6 Å². The van der Waals surface area contributed by atoms with Crippen LogP contribution in [0.1, 0.15) is 25.2 Å². The Balaban J connectivity index is 1.36. The minimum absolute atomic E-state index is 0.0209. The monoisotopic (exact) mass is 616 g/mol. The zero-order valence-corrected chi connectivity index (χ0v) is 23.9. The lowest BCUT2D eigenvalue weighted by Crippen LogP contribution is -2.71. The highest BCUT2D eigenvalue weighted by Gasteiger charge is 2.55. The maximum Gasteiger partial charge on any atom is 0.352 e. The summed E-state index contributed by atoms with van der Waals surface area (Å²) in [6.07, 6.45) is 5.32. The number of hydrogen-bond donors (Lipinski definition) is 5. The van der Waals surface area contributed by atoms with E-state index in [1.54, 1.807) is 23.0 Å². The fourth-order valence-corrected chi connectivity index (χ4v) is 6.31. The number of nitrogens with one attached hydrogen (secondary N) is 1. The zero-order valence-electron chi connectivity index (χ0n) is 22.3. The number of carbonyl (C=O) groups is 4. The Morgan fingerprint density at radius 1 is 1.31 bits per heavy atom. The molecule has 15 nitrogen and oxygen atoms in total. The van der Waals surface area contributed by atoms with Crippen LogP contribution in [-0.4, -0.2) is 81.8 Å². The number of hydrogen-bond acceptors (Lipinski definition) is 11. The molecule has 0 aromatic carbocycles. The van der Waals surface area contributed by atoms with Gasteiger partial charge in [-0.1, -0.05) is 5.16 Å². The normalized spacial score (nSPS) is 19.0. The number of thioether (sulfide) groups is 1. The molecule has 0 unspecified atom stereocenters. The number of oxime groups is 1. The van der Waals surface area contributed by atoms with Crippen molar-refractivity contribution in [1.82, 2.24) is 19.6 Å². The second kappa shape index (κ2) is 11.1. The fraction of sp³-hybridized carbons (Fsp3) is 0.320. The van der Waals surface area contributed by atoms with Gasteiger partial charge in [-0.3, -0.25) is 14.5 Å². The van der Waals surface area contributed by atoms with E-state index in [9.17, 15) is 34.5 Å². The van der Waals surface area contributed by atoms with E-state index in [0.29, 0.717) is 11.3 Å². The van der Waals surface area contributed by atoms with E-state index in [1.165, 1.54) is 31.0 Å². The Hall–Kier alpha value is -4.48. The van der Waals surface area contributed by atoms with Crippen LogP contribution in [0.15, 0.2) is 52.5 Å². The summed E-state index contributed by atoms with van der Waals surface area (Å²) in [6.45, 7) is 2.57. The molecule has 2 atom stereocenters. The summed E-state index contributed by atoms with van der Waals surface area (Å²) in [7, 11) is 0. The van der Waals surface area contributed by atoms with Crippen molar-refractivity contribution in [1.29, 1.82) is 0 Å². The Morgan fingerprint density at radius 2 is 2.07 bits per heavy atom. The number of β-lactam (4-membered cyclic amide) rings is 1. The van der Waals surface area contributed by atoms with E-state index in [1.807, 2.05) is 16.7 Å². The molecule has 5 rings (SSSR count). The molecule has 2 aliphatic heterocycles. The van der Waals surface area contributed by atoms with E-state index < -0.39 is 40.8 Å². The van der Waals surface area contributed by atoms with Gasteiger partial charge < -0.3 is 35.6 Å². The number of nitrogens with zero attached hydrogens (tertiary/aromatic N) is 5. The van der Waals surface area contributed by atoms with Crippen LogP contribution < -0.4 is 15.6 Å². The SMILES string of the molecule is CC(C)(O/N=C(\C(=O)N[C@@H]1C(=O)N2C(C(=O)O)=C(C[n+]3ccn4c(CO)ccc4c3)CS[C@@H]12)c1csc(N)n1)C(=O)O. The molecule has 2 aliphatic rings. The fourth-order valence-electron chi connectivity index (χ4n) is 4.42. The Morgan fingerprint density at radius 3 is 2.71 bits per heavy atom. The largest absolute Gasteiger partial charge is 0.478 e. The first kappa shape index (κ1) is 29.0. The molecule has 1 saturated heterocycles. The van der Waals surface area contributed by atoms with Gasteiger partial charge >= 0.3 is 11.9 Å². The van der Waals surface area contributed by atoms with E-state index in [0.717, 1.165) is 21.8 Å². The lowest BCUT2D eigenvalue weighted by atomic mass is 10.0. The minimum Gasteiger partial charge on any atom is -0.478 e. The summed E-state index contributed by atoms with van der Waals surface area (Å²) in [5.74, 6) is -3.81. The third kappa shape index (κ3) is 5.28. The van der Waals surface area contributed by atoms with Crippen molar-refractivity contribution in [3.8, 4) is 0 Å². The summed E-state index contributed by atoms with van der Waals surface area (Å²) < 4.78 is 3.60. The van der Waals surface area contributed by atoms with Crippen LogP contribution in [0.4, 0.5) is 5.13 Å². The lowest BCUT2D eigenvalue weighted by molar-refractivity contribution is -0.688. The topological polar surface area (TPSA) is 213 Å². The molecule has 220 valence electrons. The molecule has 1 fully saturated rings. The summed E-state index contributed by atoms with van der Waals surface area (Å²) in [4.78, 5) is 60.5. The molecule has 3 aromatic heterocycles. The Labute approximate surface area is 245 Å². The van der Waals surface area contributed by atoms with Gasteiger partial charge in [0.25, 0.3) is 11.8 Å². The summed E-state index contributed by atoms with van der Waals surface area (Å²) in [5.41, 5.74) is 5.43. The molecule has 17 heteroatoms. The summed E-state index contributed by atoms with van der Waals surface area (Å²) in [5, 5.41) is 36.0. The van der Waals surface area contributed by atoms with Crippen molar-refractivity contribution in [2.45, 2.75) is 44.0 Å². The van der Waals surface area contributed by atoms with Crippen molar-refractivity contribution < 1.29 is 43.9 Å². The number of aromatic nitrogens is 3. The number of carboxylic acid groups (broad SMARTS) is 2. The van der Waals surface area contributed by atoms with E-state index in [4.69, 9.17) is 10.6 Å². The lowest BCUT2D eigenvalue weighted by Gasteiger charge is -2.49. The first-order chi connectivity index (χ1) is 19.9.